The molecule has 0 aromatic carbocycles. The van der Waals surface area contributed by atoms with E-state index in [1.807, 2.05) is 6.92 Å². The van der Waals surface area contributed by atoms with Gasteiger partial charge in [-0.25, -0.2) is 14.8 Å². The summed E-state index contributed by atoms with van der Waals surface area (Å²) < 4.78 is 0. The Hall–Kier alpha value is -2.83. The van der Waals surface area contributed by atoms with Gasteiger partial charge < -0.3 is 10.0 Å². The molecule has 1 atom stereocenters. The Bertz CT molecular complexity index is 806. The Labute approximate surface area is 139 Å². The zero-order valence-corrected chi connectivity index (χ0v) is 13.6. The number of carboxylic acids is 1. The minimum Gasteiger partial charge on any atom is -0.478 e. The molecule has 1 aliphatic rings. The average molecular weight is 326 g/mol. The molecule has 3 heterocycles. The summed E-state index contributed by atoms with van der Waals surface area (Å²) in [6, 6.07) is 3.20. The zero-order chi connectivity index (χ0) is 17.3. The van der Waals surface area contributed by atoms with Crippen molar-refractivity contribution in [2.45, 2.75) is 32.7 Å². The highest BCUT2D eigenvalue weighted by Crippen LogP contribution is 2.31. The molecule has 1 amide bonds. The molecule has 7 nitrogen and oxygen atoms in total. The van der Waals surface area contributed by atoms with Crippen LogP contribution in [0.15, 0.2) is 24.5 Å². The summed E-state index contributed by atoms with van der Waals surface area (Å²) in [5.74, 6) is -0.425. The molecular formula is C17H18N4O3. The van der Waals surface area contributed by atoms with Gasteiger partial charge in [-0.1, -0.05) is 0 Å². The Morgan fingerprint density at radius 2 is 2.04 bits per heavy atom. The fourth-order valence-corrected chi connectivity index (χ4v) is 3.00. The first kappa shape index (κ1) is 16.0. The van der Waals surface area contributed by atoms with Gasteiger partial charge in [0.2, 0.25) is 5.91 Å². The lowest BCUT2D eigenvalue weighted by Gasteiger charge is -2.22. The summed E-state index contributed by atoms with van der Waals surface area (Å²) in [5.41, 5.74) is 2.11. The molecule has 1 saturated heterocycles. The van der Waals surface area contributed by atoms with Gasteiger partial charge in [0.15, 0.2) is 5.82 Å². The number of nitrogens with zero attached hydrogens (tertiary/aromatic N) is 4. The summed E-state index contributed by atoms with van der Waals surface area (Å²) in [6.07, 6.45) is 4.63. The van der Waals surface area contributed by atoms with Crippen molar-refractivity contribution < 1.29 is 14.7 Å². The van der Waals surface area contributed by atoms with Crippen molar-refractivity contribution >= 4 is 11.9 Å². The highest BCUT2D eigenvalue weighted by atomic mass is 16.4. The van der Waals surface area contributed by atoms with Gasteiger partial charge in [-0.05, 0) is 31.9 Å². The second-order valence-electron chi connectivity index (χ2n) is 5.89. The number of hydrogen-bond acceptors (Lipinski definition) is 5. The standard InChI is InChI=1S/C17H18N4O3/c1-10-6-14(12-7-13(17(23)24)9-18-8-12)20-16(19-10)15-4-3-5-21(15)11(2)22/h6-9,15H,3-5H2,1-2H3,(H,23,24)/t15-/m1/s1. The van der Waals surface area contributed by atoms with Crippen LogP contribution in [0.3, 0.4) is 0 Å². The number of aromatic carboxylic acids is 1. The van der Waals surface area contributed by atoms with Crippen molar-refractivity contribution in [1.82, 2.24) is 19.9 Å². The molecule has 3 rings (SSSR count). The van der Waals surface area contributed by atoms with Crippen molar-refractivity contribution in [2.24, 2.45) is 0 Å². The maximum Gasteiger partial charge on any atom is 0.337 e. The number of amides is 1. The third-order valence-corrected chi connectivity index (χ3v) is 4.11. The van der Waals surface area contributed by atoms with E-state index in [-0.39, 0.29) is 17.5 Å². The molecule has 0 spiro atoms. The lowest BCUT2D eigenvalue weighted by atomic mass is 10.1. The summed E-state index contributed by atoms with van der Waals surface area (Å²) in [5, 5.41) is 9.12. The largest absolute Gasteiger partial charge is 0.478 e. The van der Waals surface area contributed by atoms with Crippen molar-refractivity contribution in [3.05, 3.63) is 41.6 Å². The van der Waals surface area contributed by atoms with Crippen LogP contribution >= 0.6 is 0 Å². The Morgan fingerprint density at radius 1 is 1.25 bits per heavy atom. The molecule has 0 unspecified atom stereocenters. The normalized spacial score (nSPS) is 17.1. The Balaban J connectivity index is 2.02. The van der Waals surface area contributed by atoms with Gasteiger partial charge in [0.25, 0.3) is 0 Å². The maximum absolute atomic E-state index is 11.8. The third-order valence-electron chi connectivity index (χ3n) is 4.11. The number of carboxylic acid groups (broad SMARTS) is 1. The Morgan fingerprint density at radius 3 is 2.75 bits per heavy atom. The minimum absolute atomic E-state index is 0.0127. The molecule has 2 aromatic rings. The van der Waals surface area contributed by atoms with Gasteiger partial charge in [0, 0.05) is 37.1 Å². The van der Waals surface area contributed by atoms with Gasteiger partial charge >= 0.3 is 5.97 Å². The number of pyridine rings is 1. The molecule has 124 valence electrons. The van der Waals surface area contributed by atoms with Crippen LogP contribution in [0.4, 0.5) is 0 Å². The summed E-state index contributed by atoms with van der Waals surface area (Å²) >= 11 is 0. The Kier molecular flexibility index (Phi) is 4.24. The van der Waals surface area contributed by atoms with Crippen LogP contribution in [0.1, 0.15) is 47.7 Å². The van der Waals surface area contributed by atoms with E-state index in [1.165, 1.54) is 12.3 Å². The highest BCUT2D eigenvalue weighted by Gasteiger charge is 2.30. The lowest BCUT2D eigenvalue weighted by molar-refractivity contribution is -0.129. The van der Waals surface area contributed by atoms with Crippen LogP contribution in [-0.2, 0) is 4.79 Å². The van der Waals surface area contributed by atoms with E-state index in [9.17, 15) is 9.59 Å². The first-order valence-electron chi connectivity index (χ1n) is 7.77. The molecule has 0 aliphatic carbocycles. The smallest absolute Gasteiger partial charge is 0.337 e. The summed E-state index contributed by atoms with van der Waals surface area (Å²) in [7, 11) is 0. The van der Waals surface area contributed by atoms with Gasteiger partial charge in [0.05, 0.1) is 17.3 Å². The van der Waals surface area contributed by atoms with Crippen molar-refractivity contribution in [1.29, 1.82) is 0 Å². The van der Waals surface area contributed by atoms with E-state index in [0.717, 1.165) is 18.5 Å². The van der Waals surface area contributed by atoms with Gasteiger partial charge in [-0.3, -0.25) is 9.78 Å². The number of carbonyl (C=O) groups excluding carboxylic acids is 1. The van der Waals surface area contributed by atoms with E-state index < -0.39 is 5.97 Å². The van der Waals surface area contributed by atoms with E-state index >= 15 is 0 Å². The fraction of sp³-hybridized carbons (Fsp3) is 0.353. The van der Waals surface area contributed by atoms with E-state index in [0.29, 0.717) is 23.6 Å². The maximum atomic E-state index is 11.8. The molecule has 0 radical (unpaired) electrons. The molecular weight excluding hydrogens is 308 g/mol. The summed E-state index contributed by atoms with van der Waals surface area (Å²) in [4.78, 5) is 37.7. The first-order chi connectivity index (χ1) is 11.5. The van der Waals surface area contributed by atoms with Crippen LogP contribution in [-0.4, -0.2) is 43.4 Å². The van der Waals surface area contributed by atoms with Gasteiger partial charge in [-0.2, -0.15) is 0 Å². The molecule has 7 heteroatoms. The minimum atomic E-state index is -1.03. The molecule has 2 aromatic heterocycles. The van der Waals surface area contributed by atoms with Crippen LogP contribution in [0, 0.1) is 6.92 Å². The molecule has 0 bridgehead atoms. The van der Waals surface area contributed by atoms with Crippen molar-refractivity contribution in [3.8, 4) is 11.3 Å². The first-order valence-corrected chi connectivity index (χ1v) is 7.77. The molecule has 0 saturated carbocycles. The van der Waals surface area contributed by atoms with E-state index in [2.05, 4.69) is 15.0 Å². The number of rotatable bonds is 3. The lowest BCUT2D eigenvalue weighted by Crippen LogP contribution is -2.29. The van der Waals surface area contributed by atoms with Crippen LogP contribution in [0.5, 0.6) is 0 Å². The summed E-state index contributed by atoms with van der Waals surface area (Å²) in [6.45, 7) is 4.12. The topological polar surface area (TPSA) is 96.3 Å². The highest BCUT2D eigenvalue weighted by molar-refractivity contribution is 5.88. The number of aryl methyl sites for hydroxylation is 1. The van der Waals surface area contributed by atoms with Gasteiger partial charge in [-0.15, -0.1) is 0 Å². The molecule has 1 N–H and O–H groups in total. The SMILES string of the molecule is CC(=O)N1CCC[C@@H]1c1nc(C)cc(-c2cncc(C(=O)O)c2)n1. The number of carbonyl (C=O) groups is 2. The molecule has 1 aliphatic heterocycles. The van der Waals surface area contributed by atoms with Crippen LogP contribution < -0.4 is 0 Å². The zero-order valence-electron chi connectivity index (χ0n) is 13.6. The second kappa shape index (κ2) is 6.35. The number of hydrogen-bond donors (Lipinski definition) is 1. The van der Waals surface area contributed by atoms with Gasteiger partial charge in [0.1, 0.15) is 0 Å². The van der Waals surface area contributed by atoms with Crippen LogP contribution in [0.25, 0.3) is 11.3 Å². The fourth-order valence-electron chi connectivity index (χ4n) is 3.00. The number of aromatic nitrogens is 3. The van der Waals surface area contributed by atoms with E-state index in [1.54, 1.807) is 24.1 Å². The average Bonchev–Trinajstić information content (AvgIpc) is 3.04. The van der Waals surface area contributed by atoms with Crippen molar-refractivity contribution in [2.75, 3.05) is 6.54 Å². The monoisotopic (exact) mass is 326 g/mol. The number of likely N-dealkylation sites (tertiary alicyclic amines) is 1. The van der Waals surface area contributed by atoms with E-state index in [4.69, 9.17) is 5.11 Å². The molecule has 24 heavy (non-hydrogen) atoms. The predicted octanol–water partition coefficient (Wildman–Crippen LogP) is 2.23. The molecule has 1 fully saturated rings. The van der Waals surface area contributed by atoms with Crippen molar-refractivity contribution in [3.63, 3.8) is 0 Å². The quantitative estimate of drug-likeness (QED) is 0.929. The second-order valence-corrected chi connectivity index (χ2v) is 5.89. The third kappa shape index (κ3) is 3.10. The van der Waals surface area contributed by atoms with Crippen LogP contribution in [0.2, 0.25) is 0 Å². The predicted molar refractivity (Wildman–Crippen MR) is 86.3 cm³/mol.